The molecule has 164 valence electrons. The number of thiazole rings is 1. The molecule has 0 saturated heterocycles. The van der Waals surface area contributed by atoms with Crippen molar-refractivity contribution in [3.63, 3.8) is 0 Å². The van der Waals surface area contributed by atoms with Crippen LogP contribution in [0, 0.1) is 6.92 Å². The number of anilines is 1. The molecule has 0 saturated carbocycles. The minimum Gasteiger partial charge on any atom is -0.479 e. The summed E-state index contributed by atoms with van der Waals surface area (Å²) in [5.41, 5.74) is 2.38. The first-order chi connectivity index (χ1) is 15.4. The van der Waals surface area contributed by atoms with Crippen LogP contribution in [0.3, 0.4) is 0 Å². The third-order valence-electron chi connectivity index (χ3n) is 5.28. The van der Waals surface area contributed by atoms with Crippen LogP contribution in [0.1, 0.15) is 28.7 Å². The molecule has 2 unspecified atom stereocenters. The summed E-state index contributed by atoms with van der Waals surface area (Å²) in [5.74, 6) is -0.871. The van der Waals surface area contributed by atoms with E-state index in [1.165, 1.54) is 23.3 Å². The first-order valence-corrected chi connectivity index (χ1v) is 11.0. The molecule has 0 N–H and O–H groups in total. The number of nitrogens with zero attached hydrogens (tertiary/aromatic N) is 2. The number of amides is 1. The van der Waals surface area contributed by atoms with Crippen LogP contribution in [-0.2, 0) is 14.3 Å². The predicted molar refractivity (Wildman–Crippen MR) is 121 cm³/mol. The van der Waals surface area contributed by atoms with E-state index in [2.05, 4.69) is 4.98 Å². The highest BCUT2D eigenvalue weighted by atomic mass is 32.1. The van der Waals surface area contributed by atoms with E-state index >= 15 is 0 Å². The number of hydrogen-bond acceptors (Lipinski definition) is 7. The number of ketones is 1. The van der Waals surface area contributed by atoms with Gasteiger partial charge in [-0.1, -0.05) is 30.3 Å². The highest BCUT2D eigenvalue weighted by Gasteiger charge is 2.41. The minimum absolute atomic E-state index is 0.276. The van der Waals surface area contributed by atoms with Gasteiger partial charge in [-0.25, -0.2) is 4.98 Å². The fourth-order valence-corrected chi connectivity index (χ4v) is 4.30. The topological polar surface area (TPSA) is 85.8 Å². The van der Waals surface area contributed by atoms with Crippen molar-refractivity contribution < 1.29 is 23.9 Å². The van der Waals surface area contributed by atoms with E-state index < -0.39 is 24.0 Å². The number of aryl methyl sites for hydroxylation is 1. The van der Waals surface area contributed by atoms with Gasteiger partial charge < -0.3 is 9.47 Å². The normalized spacial score (nSPS) is 16.2. The summed E-state index contributed by atoms with van der Waals surface area (Å²) in [4.78, 5) is 44.9. The average Bonchev–Trinajstić information content (AvgIpc) is 3.25. The number of Topliss-reactive ketones (excluding diaryl/α,β-unsaturated/α-hetero) is 1. The molecule has 8 heteroatoms. The molecule has 4 rings (SSSR count). The molecule has 2 atom stereocenters. The Kier molecular flexibility index (Phi) is 6.05. The molecule has 1 aliphatic rings. The molecule has 2 aromatic carbocycles. The molecule has 1 aromatic heterocycles. The summed E-state index contributed by atoms with van der Waals surface area (Å²) in [7, 11) is 1.26. The molecular weight excluding hydrogens is 428 g/mol. The Morgan fingerprint density at radius 3 is 2.62 bits per heavy atom. The number of carbonyl (C=O) groups is 3. The first-order valence-electron chi connectivity index (χ1n) is 10.1. The van der Waals surface area contributed by atoms with Crippen LogP contribution in [0.25, 0.3) is 11.3 Å². The SMILES string of the molecule is COC(=O)CC(C(=O)c1ccccc1)N1C(=O)C(C)Oc2ccc(-c3csc(C)n3)cc21. The number of aromatic nitrogens is 1. The number of methoxy groups -OCH3 is 1. The Bertz CT molecular complexity index is 1170. The predicted octanol–water partition coefficient (Wildman–Crippen LogP) is 4.05. The quantitative estimate of drug-likeness (QED) is 0.416. The highest BCUT2D eigenvalue weighted by Crippen LogP contribution is 2.39. The molecule has 0 bridgehead atoms. The van der Waals surface area contributed by atoms with Crippen LogP contribution >= 0.6 is 11.3 Å². The van der Waals surface area contributed by atoms with Crippen molar-refractivity contribution in [1.29, 1.82) is 0 Å². The van der Waals surface area contributed by atoms with Crippen LogP contribution in [0.2, 0.25) is 0 Å². The zero-order valence-corrected chi connectivity index (χ0v) is 18.7. The number of benzene rings is 2. The molecule has 0 radical (unpaired) electrons. The number of fused-ring (bicyclic) bond motifs is 1. The second-order valence-corrected chi connectivity index (χ2v) is 8.49. The summed E-state index contributed by atoms with van der Waals surface area (Å²) in [6.07, 6.45) is -1.08. The van der Waals surface area contributed by atoms with E-state index in [4.69, 9.17) is 9.47 Å². The van der Waals surface area contributed by atoms with Gasteiger partial charge in [0.15, 0.2) is 11.9 Å². The van der Waals surface area contributed by atoms with E-state index in [1.54, 1.807) is 49.4 Å². The lowest BCUT2D eigenvalue weighted by molar-refractivity contribution is -0.141. The first kappa shape index (κ1) is 21.7. The second-order valence-electron chi connectivity index (χ2n) is 7.43. The average molecular weight is 451 g/mol. The number of carbonyl (C=O) groups excluding carboxylic acids is 3. The smallest absolute Gasteiger partial charge is 0.308 e. The van der Waals surface area contributed by atoms with Gasteiger partial charge in [0, 0.05) is 16.5 Å². The van der Waals surface area contributed by atoms with Gasteiger partial charge in [-0.05, 0) is 32.0 Å². The maximum absolute atomic E-state index is 13.5. The van der Waals surface area contributed by atoms with Gasteiger partial charge in [-0.2, -0.15) is 0 Å². The maximum atomic E-state index is 13.5. The van der Waals surface area contributed by atoms with Gasteiger partial charge in [-0.3, -0.25) is 19.3 Å². The summed E-state index contributed by atoms with van der Waals surface area (Å²) in [5, 5.41) is 2.84. The van der Waals surface area contributed by atoms with E-state index in [0.29, 0.717) is 17.0 Å². The van der Waals surface area contributed by atoms with Crippen LogP contribution in [0.4, 0.5) is 5.69 Å². The molecule has 0 spiro atoms. The standard InChI is InChI=1S/C24H22N2O5S/c1-14-24(29)26(20(12-22(27)30-3)23(28)16-7-5-4-6-8-16)19-11-17(9-10-21(19)31-14)18-13-32-15(2)25-18/h4-11,13-14,20H,12H2,1-3H3. The van der Waals surface area contributed by atoms with Gasteiger partial charge in [0.1, 0.15) is 11.8 Å². The maximum Gasteiger partial charge on any atom is 0.308 e. The zero-order valence-electron chi connectivity index (χ0n) is 17.9. The van der Waals surface area contributed by atoms with Crippen molar-refractivity contribution in [3.05, 3.63) is 64.5 Å². The lowest BCUT2D eigenvalue weighted by atomic mass is 9.97. The molecular formula is C24H22N2O5S. The van der Waals surface area contributed by atoms with Crippen molar-refractivity contribution in [2.45, 2.75) is 32.4 Å². The largest absolute Gasteiger partial charge is 0.479 e. The highest BCUT2D eigenvalue weighted by molar-refractivity contribution is 7.09. The molecule has 1 amide bonds. The van der Waals surface area contributed by atoms with Gasteiger partial charge in [-0.15, -0.1) is 11.3 Å². The number of hydrogen-bond donors (Lipinski definition) is 0. The Morgan fingerprint density at radius 2 is 1.97 bits per heavy atom. The fraction of sp³-hybridized carbons (Fsp3) is 0.250. The second kappa shape index (κ2) is 8.92. The summed E-state index contributed by atoms with van der Waals surface area (Å²) in [6, 6.07) is 12.9. The van der Waals surface area contributed by atoms with Gasteiger partial charge in [0.25, 0.3) is 5.91 Å². The zero-order chi connectivity index (χ0) is 22.8. The lowest BCUT2D eigenvalue weighted by Gasteiger charge is -2.37. The Morgan fingerprint density at radius 1 is 1.22 bits per heavy atom. The summed E-state index contributed by atoms with van der Waals surface area (Å²) >= 11 is 1.52. The monoisotopic (exact) mass is 450 g/mol. The van der Waals surface area contributed by atoms with Gasteiger partial charge >= 0.3 is 5.97 Å². The van der Waals surface area contributed by atoms with Crippen LogP contribution in [-0.4, -0.2) is 41.9 Å². The van der Waals surface area contributed by atoms with Crippen molar-refractivity contribution in [1.82, 2.24) is 4.98 Å². The Labute approximate surface area is 189 Å². The third kappa shape index (κ3) is 4.13. The van der Waals surface area contributed by atoms with Crippen molar-refractivity contribution in [2.75, 3.05) is 12.0 Å². The van der Waals surface area contributed by atoms with Gasteiger partial charge in [0.05, 0.1) is 29.9 Å². The molecule has 0 aliphatic carbocycles. The van der Waals surface area contributed by atoms with E-state index in [0.717, 1.165) is 16.3 Å². The number of rotatable bonds is 6. The summed E-state index contributed by atoms with van der Waals surface area (Å²) in [6.45, 7) is 3.54. The molecule has 0 fully saturated rings. The summed E-state index contributed by atoms with van der Waals surface area (Å²) < 4.78 is 10.6. The minimum atomic E-state index is -1.07. The molecule has 7 nitrogen and oxygen atoms in total. The van der Waals surface area contributed by atoms with Gasteiger partial charge in [0.2, 0.25) is 0 Å². The number of esters is 1. The fourth-order valence-electron chi connectivity index (χ4n) is 3.67. The third-order valence-corrected chi connectivity index (χ3v) is 6.06. The Balaban J connectivity index is 1.83. The van der Waals surface area contributed by atoms with Crippen molar-refractivity contribution in [2.24, 2.45) is 0 Å². The number of ether oxygens (including phenoxy) is 2. The van der Waals surface area contributed by atoms with Crippen LogP contribution in [0.15, 0.2) is 53.9 Å². The van der Waals surface area contributed by atoms with Crippen molar-refractivity contribution >= 4 is 34.7 Å². The van der Waals surface area contributed by atoms with Crippen LogP contribution in [0.5, 0.6) is 5.75 Å². The van der Waals surface area contributed by atoms with Crippen LogP contribution < -0.4 is 9.64 Å². The van der Waals surface area contributed by atoms with E-state index in [1.807, 2.05) is 18.4 Å². The van der Waals surface area contributed by atoms with Crippen molar-refractivity contribution in [3.8, 4) is 17.0 Å². The van der Waals surface area contributed by atoms with E-state index in [-0.39, 0.29) is 12.2 Å². The van der Waals surface area contributed by atoms with E-state index in [9.17, 15) is 14.4 Å². The lowest BCUT2D eigenvalue weighted by Crippen LogP contribution is -2.53. The molecule has 3 aromatic rings. The molecule has 32 heavy (non-hydrogen) atoms. The molecule has 1 aliphatic heterocycles. The Hall–Kier alpha value is -3.52. The molecule has 2 heterocycles.